The molecule has 0 aromatic carbocycles. The van der Waals surface area contributed by atoms with Crippen LogP contribution in [-0.4, -0.2) is 37.1 Å². The first kappa shape index (κ1) is 15.3. The van der Waals surface area contributed by atoms with Crippen molar-refractivity contribution in [2.45, 2.75) is 77.3 Å². The molecule has 1 saturated carbocycles. The number of nitrogens with zero attached hydrogens (tertiary/aromatic N) is 1. The monoisotopic (exact) mass is 266 g/mol. The van der Waals surface area contributed by atoms with Crippen LogP contribution in [-0.2, 0) is 0 Å². The Morgan fingerprint density at radius 3 is 2.32 bits per heavy atom. The predicted octanol–water partition coefficient (Wildman–Crippen LogP) is 3.67. The summed E-state index contributed by atoms with van der Waals surface area (Å²) in [5, 5.41) is 3.60. The zero-order chi connectivity index (χ0) is 13.7. The van der Waals surface area contributed by atoms with E-state index in [1.807, 2.05) is 0 Å². The normalized spacial score (nSPS) is 34.6. The van der Waals surface area contributed by atoms with Gasteiger partial charge in [-0.1, -0.05) is 33.1 Å². The van der Waals surface area contributed by atoms with E-state index in [-0.39, 0.29) is 0 Å². The molecule has 112 valence electrons. The topological polar surface area (TPSA) is 15.3 Å². The van der Waals surface area contributed by atoms with Gasteiger partial charge in [-0.15, -0.1) is 0 Å². The molecular weight excluding hydrogens is 232 g/mol. The second kappa shape index (κ2) is 7.64. The van der Waals surface area contributed by atoms with E-state index >= 15 is 0 Å². The summed E-state index contributed by atoms with van der Waals surface area (Å²) in [6, 6.07) is 1.55. The van der Waals surface area contributed by atoms with E-state index in [1.165, 1.54) is 64.5 Å². The van der Waals surface area contributed by atoms with Crippen LogP contribution in [0.3, 0.4) is 0 Å². The molecule has 3 unspecified atom stereocenters. The number of piperidine rings is 1. The smallest absolute Gasteiger partial charge is 0.0251 e. The number of likely N-dealkylation sites (tertiary alicyclic amines) is 1. The zero-order valence-electron chi connectivity index (χ0n) is 13.3. The fourth-order valence-electron chi connectivity index (χ4n) is 4.33. The first-order chi connectivity index (χ1) is 9.28. The Kier molecular flexibility index (Phi) is 6.15. The van der Waals surface area contributed by atoms with Gasteiger partial charge in [-0.25, -0.2) is 0 Å². The molecule has 0 bridgehead atoms. The van der Waals surface area contributed by atoms with Crippen molar-refractivity contribution in [3.05, 3.63) is 0 Å². The van der Waals surface area contributed by atoms with Gasteiger partial charge < -0.3 is 5.32 Å². The van der Waals surface area contributed by atoms with Gasteiger partial charge in [0.2, 0.25) is 0 Å². The molecule has 0 aromatic heterocycles. The minimum Gasteiger partial charge on any atom is -0.315 e. The summed E-state index contributed by atoms with van der Waals surface area (Å²) in [6.07, 6.45) is 11.3. The quantitative estimate of drug-likeness (QED) is 0.817. The highest BCUT2D eigenvalue weighted by Gasteiger charge is 2.34. The van der Waals surface area contributed by atoms with Crippen LogP contribution in [0.15, 0.2) is 0 Å². The lowest BCUT2D eigenvalue weighted by molar-refractivity contribution is 0.0648. The van der Waals surface area contributed by atoms with E-state index < -0.39 is 0 Å². The first-order valence-corrected chi connectivity index (χ1v) is 8.69. The van der Waals surface area contributed by atoms with Crippen LogP contribution >= 0.6 is 0 Å². The summed E-state index contributed by atoms with van der Waals surface area (Å²) in [5.41, 5.74) is 0. The lowest BCUT2D eigenvalue weighted by Crippen LogP contribution is -2.54. The summed E-state index contributed by atoms with van der Waals surface area (Å²) < 4.78 is 0. The fraction of sp³-hybridized carbons (Fsp3) is 1.00. The molecule has 1 heterocycles. The molecule has 0 amide bonds. The van der Waals surface area contributed by atoms with Gasteiger partial charge in [-0.3, -0.25) is 4.90 Å². The molecule has 2 heteroatoms. The van der Waals surface area contributed by atoms with Crippen molar-refractivity contribution in [1.29, 1.82) is 0 Å². The molecule has 19 heavy (non-hydrogen) atoms. The van der Waals surface area contributed by atoms with Crippen molar-refractivity contribution in [3.8, 4) is 0 Å². The van der Waals surface area contributed by atoms with Crippen molar-refractivity contribution in [2.75, 3.05) is 20.1 Å². The Morgan fingerprint density at radius 1 is 1.00 bits per heavy atom. The summed E-state index contributed by atoms with van der Waals surface area (Å²) in [5.74, 6) is 1.99. The molecule has 1 N–H and O–H groups in total. The van der Waals surface area contributed by atoms with Crippen LogP contribution in [0.2, 0.25) is 0 Å². The summed E-state index contributed by atoms with van der Waals surface area (Å²) >= 11 is 0. The largest absolute Gasteiger partial charge is 0.315 e. The van der Waals surface area contributed by atoms with Crippen molar-refractivity contribution in [1.82, 2.24) is 10.2 Å². The molecule has 0 spiro atoms. The van der Waals surface area contributed by atoms with Gasteiger partial charge in [0.15, 0.2) is 0 Å². The Morgan fingerprint density at radius 2 is 1.74 bits per heavy atom. The second-order valence-corrected chi connectivity index (χ2v) is 6.82. The van der Waals surface area contributed by atoms with E-state index in [0.717, 1.165) is 23.9 Å². The Hall–Kier alpha value is -0.0800. The third kappa shape index (κ3) is 3.95. The van der Waals surface area contributed by atoms with Crippen LogP contribution in [0.5, 0.6) is 0 Å². The van der Waals surface area contributed by atoms with Crippen LogP contribution in [0.25, 0.3) is 0 Å². The molecule has 1 saturated heterocycles. The summed E-state index contributed by atoms with van der Waals surface area (Å²) in [6.45, 7) is 7.39. The van der Waals surface area contributed by atoms with Gasteiger partial charge in [0.1, 0.15) is 0 Å². The van der Waals surface area contributed by atoms with E-state index in [9.17, 15) is 0 Å². The molecular formula is C17H34N2. The first-order valence-electron chi connectivity index (χ1n) is 8.69. The number of nitrogens with one attached hydrogen (secondary N) is 1. The summed E-state index contributed by atoms with van der Waals surface area (Å²) in [4.78, 5) is 2.81. The van der Waals surface area contributed by atoms with E-state index in [4.69, 9.17) is 0 Å². The van der Waals surface area contributed by atoms with E-state index in [1.54, 1.807) is 0 Å². The standard InChI is InChI=1S/C17H34N2/c1-4-6-15-7-8-16(18-3)17(13-15)19-11-9-14(5-2)10-12-19/h14-18H,4-13H2,1-3H3. The van der Waals surface area contributed by atoms with Crippen LogP contribution in [0.4, 0.5) is 0 Å². The van der Waals surface area contributed by atoms with Gasteiger partial charge in [0.25, 0.3) is 0 Å². The molecule has 0 aromatic rings. The minimum atomic E-state index is 0.742. The van der Waals surface area contributed by atoms with Gasteiger partial charge >= 0.3 is 0 Å². The third-order valence-electron chi connectivity index (χ3n) is 5.69. The average Bonchev–Trinajstić information content (AvgIpc) is 2.47. The van der Waals surface area contributed by atoms with Crippen LogP contribution in [0, 0.1) is 11.8 Å². The highest BCUT2D eigenvalue weighted by Crippen LogP contribution is 2.33. The molecule has 2 fully saturated rings. The lowest BCUT2D eigenvalue weighted by atomic mass is 9.78. The maximum Gasteiger partial charge on any atom is 0.0251 e. The maximum atomic E-state index is 3.60. The third-order valence-corrected chi connectivity index (χ3v) is 5.69. The molecule has 2 nitrogen and oxygen atoms in total. The molecule has 1 aliphatic heterocycles. The Balaban J connectivity index is 1.90. The minimum absolute atomic E-state index is 0.742. The van der Waals surface area contributed by atoms with Crippen molar-refractivity contribution in [2.24, 2.45) is 11.8 Å². The van der Waals surface area contributed by atoms with Crippen LogP contribution < -0.4 is 5.32 Å². The second-order valence-electron chi connectivity index (χ2n) is 6.82. The Labute approximate surface area is 120 Å². The Bertz CT molecular complexity index is 246. The number of hydrogen-bond acceptors (Lipinski definition) is 2. The molecule has 1 aliphatic carbocycles. The van der Waals surface area contributed by atoms with E-state index in [2.05, 4.69) is 31.1 Å². The van der Waals surface area contributed by atoms with Crippen molar-refractivity contribution < 1.29 is 0 Å². The highest BCUT2D eigenvalue weighted by atomic mass is 15.2. The molecule has 0 radical (unpaired) electrons. The summed E-state index contributed by atoms with van der Waals surface area (Å²) in [7, 11) is 2.16. The number of rotatable bonds is 5. The lowest BCUT2D eigenvalue weighted by Gasteiger charge is -2.45. The average molecular weight is 266 g/mol. The number of likely N-dealkylation sites (N-methyl/N-ethyl adjacent to an activating group) is 1. The molecule has 3 atom stereocenters. The van der Waals surface area contributed by atoms with Gasteiger partial charge in [0, 0.05) is 12.1 Å². The number of hydrogen-bond donors (Lipinski definition) is 1. The van der Waals surface area contributed by atoms with E-state index in [0.29, 0.717) is 0 Å². The van der Waals surface area contributed by atoms with Crippen LogP contribution in [0.1, 0.15) is 65.2 Å². The van der Waals surface area contributed by atoms with Gasteiger partial charge in [-0.2, -0.15) is 0 Å². The van der Waals surface area contributed by atoms with Gasteiger partial charge in [-0.05, 0) is 64.1 Å². The zero-order valence-corrected chi connectivity index (χ0v) is 13.3. The fourth-order valence-corrected chi connectivity index (χ4v) is 4.33. The highest BCUT2D eigenvalue weighted by molar-refractivity contribution is 4.92. The van der Waals surface area contributed by atoms with Crippen molar-refractivity contribution in [3.63, 3.8) is 0 Å². The van der Waals surface area contributed by atoms with Crippen molar-refractivity contribution >= 4 is 0 Å². The van der Waals surface area contributed by atoms with Gasteiger partial charge in [0.05, 0.1) is 0 Å². The maximum absolute atomic E-state index is 3.60. The molecule has 2 aliphatic rings. The SMILES string of the molecule is CCCC1CCC(NC)C(N2CCC(CC)CC2)C1. The molecule has 2 rings (SSSR count). The predicted molar refractivity (Wildman–Crippen MR) is 83.5 cm³/mol.